The molecule has 0 fully saturated rings. The summed E-state index contributed by atoms with van der Waals surface area (Å²) in [7, 11) is 0. The molecule has 2 aromatic carbocycles. The zero-order valence-electron chi connectivity index (χ0n) is 17.1. The summed E-state index contributed by atoms with van der Waals surface area (Å²) >= 11 is 7.16. The molecule has 3 aromatic rings. The zero-order valence-corrected chi connectivity index (χ0v) is 18.7. The van der Waals surface area contributed by atoms with Crippen molar-refractivity contribution < 1.29 is 19.2 Å². The van der Waals surface area contributed by atoms with Crippen LogP contribution in [0.5, 0.6) is 0 Å². The van der Waals surface area contributed by atoms with Crippen molar-refractivity contribution >= 4 is 50.7 Å². The van der Waals surface area contributed by atoms with Gasteiger partial charge in [-0.05, 0) is 42.7 Å². The quantitative estimate of drug-likeness (QED) is 0.301. The predicted molar refractivity (Wildman–Crippen MR) is 119 cm³/mol. The van der Waals surface area contributed by atoms with E-state index in [0.717, 1.165) is 21.8 Å². The molecule has 8 nitrogen and oxygen atoms in total. The smallest absolute Gasteiger partial charge is 0.326 e. The van der Waals surface area contributed by atoms with Gasteiger partial charge in [-0.2, -0.15) is 4.99 Å². The highest BCUT2D eigenvalue weighted by atomic mass is 35.5. The lowest BCUT2D eigenvalue weighted by atomic mass is 10.0. The van der Waals surface area contributed by atoms with Crippen LogP contribution in [-0.4, -0.2) is 28.0 Å². The maximum Gasteiger partial charge on any atom is 0.326 e. The lowest BCUT2D eigenvalue weighted by molar-refractivity contribution is -0.385. The van der Waals surface area contributed by atoms with E-state index in [1.807, 2.05) is 18.2 Å². The van der Waals surface area contributed by atoms with Crippen LogP contribution in [0.2, 0.25) is 5.02 Å². The number of aromatic nitrogens is 1. The fraction of sp³-hybridized carbons (Fsp3) is 0.286. The highest BCUT2D eigenvalue weighted by molar-refractivity contribution is 7.16. The summed E-state index contributed by atoms with van der Waals surface area (Å²) in [6.07, 6.45) is 0. The number of carbonyl (C=O) groups excluding carboxylic acids is 2. The van der Waals surface area contributed by atoms with Crippen LogP contribution in [0.25, 0.3) is 10.2 Å². The van der Waals surface area contributed by atoms with Crippen LogP contribution in [-0.2, 0) is 16.1 Å². The van der Waals surface area contributed by atoms with Crippen LogP contribution < -0.4 is 4.80 Å². The molecule has 162 valence electrons. The molecule has 0 atom stereocenters. The van der Waals surface area contributed by atoms with Crippen molar-refractivity contribution in [2.75, 3.05) is 6.61 Å². The second kappa shape index (κ2) is 9.40. The summed E-state index contributed by atoms with van der Waals surface area (Å²) in [5.41, 5.74) is 1.20. The van der Waals surface area contributed by atoms with Crippen molar-refractivity contribution in [3.63, 3.8) is 0 Å². The highest BCUT2D eigenvalue weighted by Gasteiger charge is 2.21. The molecule has 0 spiro atoms. The minimum atomic E-state index is -0.817. The minimum absolute atomic E-state index is 0.140. The van der Waals surface area contributed by atoms with Crippen molar-refractivity contribution in [2.45, 2.75) is 33.2 Å². The Morgan fingerprint density at radius 2 is 2.00 bits per heavy atom. The van der Waals surface area contributed by atoms with E-state index in [9.17, 15) is 19.7 Å². The van der Waals surface area contributed by atoms with Gasteiger partial charge < -0.3 is 9.30 Å². The molecule has 1 aromatic heterocycles. The molecule has 0 saturated heterocycles. The molecule has 0 saturated carbocycles. The number of amides is 1. The number of esters is 1. The number of benzene rings is 2. The van der Waals surface area contributed by atoms with Crippen LogP contribution >= 0.6 is 22.9 Å². The SMILES string of the molecule is CCOC(=O)Cn1c(=NC(=O)c2cc(Cl)ccc2[N+](=O)[O-])sc2cc(C(C)C)ccc21. The molecule has 0 aliphatic heterocycles. The Bertz CT molecular complexity index is 1250. The number of carbonyl (C=O) groups is 2. The van der Waals surface area contributed by atoms with E-state index in [1.165, 1.54) is 23.5 Å². The number of thiazole rings is 1. The number of hydrogen-bond donors (Lipinski definition) is 0. The average Bonchev–Trinajstić information content (AvgIpc) is 3.03. The maximum absolute atomic E-state index is 12.9. The number of nitrogens with zero attached hydrogens (tertiary/aromatic N) is 3. The first-order chi connectivity index (χ1) is 14.7. The van der Waals surface area contributed by atoms with E-state index in [0.29, 0.717) is 5.92 Å². The molecule has 0 aliphatic carbocycles. The van der Waals surface area contributed by atoms with Gasteiger partial charge in [0.2, 0.25) is 0 Å². The van der Waals surface area contributed by atoms with Crippen molar-refractivity contribution in [3.8, 4) is 0 Å². The van der Waals surface area contributed by atoms with Gasteiger partial charge in [-0.15, -0.1) is 0 Å². The average molecular weight is 462 g/mol. The van der Waals surface area contributed by atoms with Gasteiger partial charge in [0.1, 0.15) is 12.1 Å². The van der Waals surface area contributed by atoms with E-state index < -0.39 is 22.5 Å². The van der Waals surface area contributed by atoms with Crippen LogP contribution in [0.1, 0.15) is 42.6 Å². The van der Waals surface area contributed by atoms with Crippen LogP contribution in [0.4, 0.5) is 5.69 Å². The van der Waals surface area contributed by atoms with Gasteiger partial charge in [-0.1, -0.05) is 42.9 Å². The standard InChI is InChI=1S/C21H20ClN3O5S/c1-4-30-19(26)11-24-17-7-5-13(12(2)3)9-18(17)31-21(24)23-20(27)15-10-14(22)6-8-16(15)25(28)29/h5-10,12H,4,11H2,1-3H3. The first-order valence-electron chi connectivity index (χ1n) is 9.53. The summed E-state index contributed by atoms with van der Waals surface area (Å²) in [5, 5.41) is 11.5. The van der Waals surface area contributed by atoms with Crippen LogP contribution in [0.15, 0.2) is 41.4 Å². The molecule has 10 heteroatoms. The fourth-order valence-corrected chi connectivity index (χ4v) is 4.26. The first kappa shape index (κ1) is 22.6. The van der Waals surface area contributed by atoms with Crippen molar-refractivity contribution in [1.82, 2.24) is 4.57 Å². The summed E-state index contributed by atoms with van der Waals surface area (Å²) in [5.74, 6) is -0.999. The largest absolute Gasteiger partial charge is 0.465 e. The van der Waals surface area contributed by atoms with Crippen LogP contribution in [0.3, 0.4) is 0 Å². The van der Waals surface area contributed by atoms with Crippen LogP contribution in [0, 0.1) is 10.1 Å². The number of ether oxygens (including phenoxy) is 1. The fourth-order valence-electron chi connectivity index (χ4n) is 3.01. The molecule has 3 rings (SSSR count). The Morgan fingerprint density at radius 1 is 1.26 bits per heavy atom. The third-order valence-corrected chi connectivity index (χ3v) is 5.83. The molecule has 0 bridgehead atoms. The molecule has 0 unspecified atom stereocenters. The highest BCUT2D eigenvalue weighted by Crippen LogP contribution is 2.25. The summed E-state index contributed by atoms with van der Waals surface area (Å²) in [4.78, 5) is 40.0. The van der Waals surface area contributed by atoms with Gasteiger partial charge in [0, 0.05) is 11.1 Å². The Hall–Kier alpha value is -3.04. The zero-order chi connectivity index (χ0) is 22.7. The summed E-state index contributed by atoms with van der Waals surface area (Å²) in [6, 6.07) is 9.52. The van der Waals surface area contributed by atoms with Gasteiger partial charge >= 0.3 is 5.97 Å². The number of rotatable bonds is 6. The predicted octanol–water partition coefficient (Wildman–Crippen LogP) is 4.69. The number of nitro benzene ring substituents is 1. The molecule has 1 amide bonds. The third kappa shape index (κ3) is 5.00. The Labute approximate surface area is 186 Å². The van der Waals surface area contributed by atoms with Gasteiger partial charge in [0.25, 0.3) is 11.6 Å². The van der Waals surface area contributed by atoms with E-state index in [2.05, 4.69) is 18.8 Å². The van der Waals surface area contributed by atoms with E-state index in [1.54, 1.807) is 11.5 Å². The molecular weight excluding hydrogens is 442 g/mol. The molecule has 31 heavy (non-hydrogen) atoms. The van der Waals surface area contributed by atoms with E-state index in [4.69, 9.17) is 16.3 Å². The van der Waals surface area contributed by atoms with Gasteiger partial charge in [-0.3, -0.25) is 19.7 Å². The molecule has 0 N–H and O–H groups in total. The van der Waals surface area contributed by atoms with E-state index >= 15 is 0 Å². The van der Waals surface area contributed by atoms with Gasteiger partial charge in [-0.25, -0.2) is 0 Å². The van der Waals surface area contributed by atoms with Crippen molar-refractivity contribution in [3.05, 3.63) is 67.5 Å². The molecule has 0 radical (unpaired) electrons. The minimum Gasteiger partial charge on any atom is -0.465 e. The number of nitro groups is 1. The maximum atomic E-state index is 12.9. The number of hydrogen-bond acceptors (Lipinski definition) is 6. The number of halogens is 1. The van der Waals surface area contributed by atoms with Crippen molar-refractivity contribution in [1.29, 1.82) is 0 Å². The van der Waals surface area contributed by atoms with E-state index in [-0.39, 0.29) is 28.5 Å². The number of fused-ring (bicyclic) bond motifs is 1. The Balaban J connectivity index is 2.19. The second-order valence-corrected chi connectivity index (χ2v) is 8.44. The Kier molecular flexibility index (Phi) is 6.87. The lowest BCUT2D eigenvalue weighted by Crippen LogP contribution is -2.23. The topological polar surface area (TPSA) is 104 Å². The molecular formula is C21H20ClN3O5S. The van der Waals surface area contributed by atoms with Crippen molar-refractivity contribution in [2.24, 2.45) is 4.99 Å². The first-order valence-corrected chi connectivity index (χ1v) is 10.7. The normalized spacial score (nSPS) is 11.8. The molecule has 1 heterocycles. The monoisotopic (exact) mass is 461 g/mol. The lowest BCUT2D eigenvalue weighted by Gasteiger charge is -2.07. The summed E-state index contributed by atoms with van der Waals surface area (Å²) < 4.78 is 7.46. The Morgan fingerprint density at radius 3 is 2.65 bits per heavy atom. The van der Waals surface area contributed by atoms with Gasteiger partial charge in [0.15, 0.2) is 4.80 Å². The summed E-state index contributed by atoms with van der Waals surface area (Å²) in [6.45, 7) is 5.91. The van der Waals surface area contributed by atoms with Gasteiger partial charge in [0.05, 0.1) is 21.7 Å². The molecule has 0 aliphatic rings. The third-order valence-electron chi connectivity index (χ3n) is 4.55. The second-order valence-electron chi connectivity index (χ2n) is 6.99.